The van der Waals surface area contributed by atoms with Gasteiger partial charge in [-0.05, 0) is 61.5 Å². The van der Waals surface area contributed by atoms with Crippen molar-refractivity contribution in [1.82, 2.24) is 9.69 Å². The van der Waals surface area contributed by atoms with E-state index in [4.69, 9.17) is 5.26 Å². The van der Waals surface area contributed by atoms with Gasteiger partial charge in [-0.1, -0.05) is 12.1 Å². The maximum absolute atomic E-state index is 12.3. The van der Waals surface area contributed by atoms with Crippen molar-refractivity contribution in [1.29, 1.82) is 5.26 Å². The molecule has 0 bridgehead atoms. The lowest BCUT2D eigenvalue weighted by Crippen LogP contribution is -2.50. The first-order chi connectivity index (χ1) is 10.1. The molecule has 1 aromatic heterocycles. The Kier molecular flexibility index (Phi) is 3.48. The van der Waals surface area contributed by atoms with E-state index in [0.717, 1.165) is 29.7 Å². The zero-order valence-electron chi connectivity index (χ0n) is 11.7. The van der Waals surface area contributed by atoms with Crippen LogP contribution in [0.15, 0.2) is 30.3 Å². The van der Waals surface area contributed by atoms with Crippen LogP contribution < -0.4 is 5.32 Å². The molecule has 1 aliphatic rings. The summed E-state index contributed by atoms with van der Waals surface area (Å²) in [5.41, 5.74) is 1.88. The molecule has 21 heavy (non-hydrogen) atoms. The fourth-order valence-electron chi connectivity index (χ4n) is 2.63. The van der Waals surface area contributed by atoms with E-state index < -0.39 is 0 Å². The number of aromatic nitrogens is 1. The zero-order valence-corrected chi connectivity index (χ0v) is 12.5. The summed E-state index contributed by atoms with van der Waals surface area (Å²) in [5.74, 6) is -0.122. The molecule has 106 valence electrons. The lowest BCUT2D eigenvalue weighted by Gasteiger charge is -2.43. The smallest absolute Gasteiger partial charge is 0.271 e. The Bertz CT molecular complexity index is 708. The summed E-state index contributed by atoms with van der Waals surface area (Å²) in [6.45, 7) is 1.94. The number of nitriles is 1. The number of carbonyl (C=O) groups is 1. The molecule has 5 heteroatoms. The lowest BCUT2D eigenvalue weighted by atomic mass is 9.71. The number of nitrogens with zero attached hydrogens (tertiary/aromatic N) is 2. The largest absolute Gasteiger partial charge is 0.341 e. The highest BCUT2D eigenvalue weighted by Crippen LogP contribution is 2.41. The Morgan fingerprint density at radius 2 is 2.10 bits per heavy atom. The molecule has 0 spiro atoms. The second-order valence-electron chi connectivity index (χ2n) is 5.40. The van der Waals surface area contributed by atoms with Crippen molar-refractivity contribution in [3.8, 4) is 6.07 Å². The Hall–Kier alpha value is -2.19. The van der Waals surface area contributed by atoms with Crippen LogP contribution in [0.5, 0.6) is 0 Å². The molecule has 3 rings (SSSR count). The summed E-state index contributed by atoms with van der Waals surface area (Å²) >= 11 is 1.34. The molecule has 1 N–H and O–H groups in total. The summed E-state index contributed by atoms with van der Waals surface area (Å²) in [6.07, 6.45) is 2.94. The quantitative estimate of drug-likeness (QED) is 0.946. The van der Waals surface area contributed by atoms with E-state index in [2.05, 4.69) is 15.8 Å². The van der Waals surface area contributed by atoms with Gasteiger partial charge in [0.1, 0.15) is 5.69 Å². The first-order valence-corrected chi connectivity index (χ1v) is 7.67. The van der Waals surface area contributed by atoms with Crippen LogP contribution >= 0.6 is 11.5 Å². The van der Waals surface area contributed by atoms with Crippen LogP contribution in [0, 0.1) is 18.3 Å². The third-order valence-electron chi connectivity index (χ3n) is 3.99. The van der Waals surface area contributed by atoms with Gasteiger partial charge in [0.15, 0.2) is 0 Å². The van der Waals surface area contributed by atoms with Crippen LogP contribution in [0.25, 0.3) is 0 Å². The van der Waals surface area contributed by atoms with Crippen LogP contribution in [0.1, 0.15) is 45.8 Å². The molecule has 1 aromatic carbocycles. The van der Waals surface area contributed by atoms with Gasteiger partial charge in [-0.25, -0.2) is 0 Å². The average Bonchev–Trinajstić information content (AvgIpc) is 2.89. The van der Waals surface area contributed by atoms with Crippen molar-refractivity contribution >= 4 is 17.4 Å². The third kappa shape index (κ3) is 2.55. The lowest BCUT2D eigenvalue weighted by molar-refractivity contribution is 0.0819. The molecule has 1 amide bonds. The van der Waals surface area contributed by atoms with Crippen molar-refractivity contribution in [2.45, 2.75) is 31.7 Å². The number of aryl methyl sites for hydroxylation is 1. The molecule has 4 nitrogen and oxygen atoms in total. The minimum Gasteiger partial charge on any atom is -0.341 e. The molecule has 1 aliphatic carbocycles. The molecule has 1 heterocycles. The molecule has 0 saturated heterocycles. The number of carbonyl (C=O) groups excluding carboxylic acids is 1. The van der Waals surface area contributed by atoms with Crippen molar-refractivity contribution < 1.29 is 4.79 Å². The van der Waals surface area contributed by atoms with E-state index >= 15 is 0 Å². The second-order valence-corrected chi connectivity index (χ2v) is 6.41. The fourth-order valence-corrected chi connectivity index (χ4v) is 3.18. The standard InChI is InChI=1S/C16H15N3OS/c1-11-9-14(19-21-11)15(20)18-16(7-2-8-16)13-5-3-12(10-17)4-6-13/h3-6,9H,2,7-8H2,1H3,(H,18,20). The normalized spacial score (nSPS) is 15.8. The zero-order chi connectivity index (χ0) is 14.9. The SMILES string of the molecule is Cc1cc(C(=O)NC2(c3ccc(C#N)cc3)CCC2)ns1. The Labute approximate surface area is 127 Å². The summed E-state index contributed by atoms with van der Waals surface area (Å²) < 4.78 is 4.17. The molecule has 1 saturated carbocycles. The van der Waals surface area contributed by atoms with Gasteiger partial charge in [0.2, 0.25) is 0 Å². The van der Waals surface area contributed by atoms with Crippen LogP contribution in [-0.2, 0) is 5.54 Å². The number of hydrogen-bond donors (Lipinski definition) is 1. The summed E-state index contributed by atoms with van der Waals surface area (Å²) in [7, 11) is 0. The van der Waals surface area contributed by atoms with E-state index in [1.54, 1.807) is 12.1 Å². The van der Waals surface area contributed by atoms with Gasteiger partial charge in [0.25, 0.3) is 5.91 Å². The molecular formula is C16H15N3OS. The molecule has 2 aromatic rings. The monoisotopic (exact) mass is 297 g/mol. The van der Waals surface area contributed by atoms with E-state index in [9.17, 15) is 4.79 Å². The topological polar surface area (TPSA) is 65.8 Å². The molecule has 0 atom stereocenters. The average molecular weight is 297 g/mol. The van der Waals surface area contributed by atoms with Crippen LogP contribution in [-0.4, -0.2) is 10.3 Å². The maximum Gasteiger partial charge on any atom is 0.271 e. The van der Waals surface area contributed by atoms with Crippen LogP contribution in [0.3, 0.4) is 0 Å². The molecular weight excluding hydrogens is 282 g/mol. The van der Waals surface area contributed by atoms with Crippen molar-refractivity contribution in [2.75, 3.05) is 0 Å². The highest BCUT2D eigenvalue weighted by atomic mass is 32.1. The van der Waals surface area contributed by atoms with Gasteiger partial charge in [0, 0.05) is 4.88 Å². The van der Waals surface area contributed by atoms with E-state index in [1.165, 1.54) is 11.5 Å². The highest BCUT2D eigenvalue weighted by Gasteiger charge is 2.40. The van der Waals surface area contributed by atoms with Gasteiger partial charge in [-0.3, -0.25) is 4.79 Å². The van der Waals surface area contributed by atoms with Gasteiger partial charge >= 0.3 is 0 Å². The summed E-state index contributed by atoms with van der Waals surface area (Å²) in [5, 5.41) is 12.0. The first-order valence-electron chi connectivity index (χ1n) is 6.89. The van der Waals surface area contributed by atoms with Gasteiger partial charge in [-0.15, -0.1) is 0 Å². The van der Waals surface area contributed by atoms with Crippen molar-refractivity contribution in [3.05, 3.63) is 52.0 Å². The maximum atomic E-state index is 12.3. The molecule has 0 aliphatic heterocycles. The van der Waals surface area contributed by atoms with E-state index in [1.807, 2.05) is 25.1 Å². The number of nitrogens with one attached hydrogen (secondary N) is 1. The van der Waals surface area contributed by atoms with Crippen molar-refractivity contribution in [2.24, 2.45) is 0 Å². The fraction of sp³-hybridized carbons (Fsp3) is 0.312. The van der Waals surface area contributed by atoms with Gasteiger partial charge in [-0.2, -0.15) is 9.64 Å². The summed E-state index contributed by atoms with van der Waals surface area (Å²) in [6, 6.07) is 11.4. The molecule has 0 unspecified atom stereocenters. The van der Waals surface area contributed by atoms with Gasteiger partial charge < -0.3 is 5.32 Å². The summed E-state index contributed by atoms with van der Waals surface area (Å²) in [4.78, 5) is 13.4. The number of hydrogen-bond acceptors (Lipinski definition) is 4. The molecule has 1 fully saturated rings. The minimum atomic E-state index is -0.303. The predicted molar refractivity (Wildman–Crippen MR) is 81.0 cm³/mol. The number of amides is 1. The van der Waals surface area contributed by atoms with Crippen molar-refractivity contribution in [3.63, 3.8) is 0 Å². The second kappa shape index (κ2) is 5.30. The predicted octanol–water partition coefficient (Wildman–Crippen LogP) is 3.13. The Balaban J connectivity index is 1.83. The van der Waals surface area contributed by atoms with Crippen LogP contribution in [0.2, 0.25) is 0 Å². The minimum absolute atomic E-state index is 0.122. The Morgan fingerprint density at radius 3 is 2.57 bits per heavy atom. The van der Waals surface area contributed by atoms with Crippen LogP contribution in [0.4, 0.5) is 0 Å². The van der Waals surface area contributed by atoms with E-state index in [-0.39, 0.29) is 11.4 Å². The third-order valence-corrected chi connectivity index (χ3v) is 4.68. The number of rotatable bonds is 3. The molecule has 0 radical (unpaired) electrons. The number of benzene rings is 1. The van der Waals surface area contributed by atoms with Gasteiger partial charge in [0.05, 0.1) is 17.2 Å². The Morgan fingerprint density at radius 1 is 1.38 bits per heavy atom. The first kappa shape index (κ1) is 13.8. The highest BCUT2D eigenvalue weighted by molar-refractivity contribution is 7.05. The van der Waals surface area contributed by atoms with E-state index in [0.29, 0.717) is 11.3 Å².